The number of carbonyl (C=O) groups is 3. The van der Waals surface area contributed by atoms with Crippen molar-refractivity contribution in [3.63, 3.8) is 0 Å². The minimum Gasteiger partial charge on any atom is -0.351 e. The highest BCUT2D eigenvalue weighted by Crippen LogP contribution is 2.24. The summed E-state index contributed by atoms with van der Waals surface area (Å²) in [6, 6.07) is 6.47. The van der Waals surface area contributed by atoms with Gasteiger partial charge in [-0.2, -0.15) is 0 Å². The summed E-state index contributed by atoms with van der Waals surface area (Å²) in [4.78, 5) is 45.4. The van der Waals surface area contributed by atoms with Crippen molar-refractivity contribution >= 4 is 29.1 Å². The van der Waals surface area contributed by atoms with Crippen LogP contribution >= 0.6 is 11.3 Å². The third-order valence-corrected chi connectivity index (χ3v) is 6.54. The fraction of sp³-hybridized carbons (Fsp3) is 0.500. The fourth-order valence-electron chi connectivity index (χ4n) is 3.91. The summed E-state index contributed by atoms with van der Waals surface area (Å²) in [5.41, 5.74) is 0.671. The zero-order valence-corrected chi connectivity index (χ0v) is 19.6. The Balaban J connectivity index is 1.80. The molecule has 0 bridgehead atoms. The van der Waals surface area contributed by atoms with Crippen LogP contribution in [0.1, 0.15) is 67.2 Å². The third kappa shape index (κ3) is 6.63. The molecule has 0 aliphatic heterocycles. The molecule has 2 aromatic rings. The van der Waals surface area contributed by atoms with Crippen LogP contribution in [0, 0.1) is 5.92 Å². The molecule has 0 spiro atoms. The minimum atomic E-state index is -0.783. The van der Waals surface area contributed by atoms with Crippen molar-refractivity contribution in [1.82, 2.24) is 20.5 Å². The second-order valence-corrected chi connectivity index (χ2v) is 9.56. The van der Waals surface area contributed by atoms with E-state index in [0.717, 1.165) is 32.1 Å². The summed E-state index contributed by atoms with van der Waals surface area (Å²) in [5.74, 6) is -0.401. The molecular weight excluding hydrogens is 424 g/mol. The number of aromatic nitrogens is 1. The molecule has 1 unspecified atom stereocenters. The van der Waals surface area contributed by atoms with Gasteiger partial charge in [0, 0.05) is 30.5 Å². The monoisotopic (exact) mass is 456 g/mol. The molecule has 1 atom stereocenters. The van der Waals surface area contributed by atoms with Crippen molar-refractivity contribution in [3.05, 3.63) is 52.5 Å². The Bertz CT molecular complexity index is 880. The molecule has 1 aliphatic rings. The van der Waals surface area contributed by atoms with Gasteiger partial charge in [0.1, 0.15) is 6.04 Å². The number of hydrogen-bond donors (Lipinski definition) is 2. The van der Waals surface area contributed by atoms with Gasteiger partial charge in [0.05, 0.1) is 11.4 Å². The Morgan fingerprint density at radius 3 is 2.59 bits per heavy atom. The largest absolute Gasteiger partial charge is 0.351 e. The molecule has 7 nitrogen and oxygen atoms in total. The number of amides is 3. The zero-order valence-electron chi connectivity index (χ0n) is 18.8. The maximum absolute atomic E-state index is 13.4. The van der Waals surface area contributed by atoms with E-state index in [1.807, 2.05) is 11.4 Å². The molecule has 2 aromatic heterocycles. The predicted molar refractivity (Wildman–Crippen MR) is 125 cm³/mol. The summed E-state index contributed by atoms with van der Waals surface area (Å²) in [6.45, 7) is 4.42. The molecule has 2 N–H and O–H groups in total. The standard InChI is InChI=1S/C24H32N4O3S/c1-17(2)11-13-28(21(29)16-26-23(30)20-10-6-14-32-20)22(18-7-5-12-25-15-18)24(31)27-19-8-3-4-9-19/h5-7,10,12,14-15,17,19,22H,3-4,8-9,11,13,16H2,1-2H3,(H,26,30)(H,27,31). The maximum atomic E-state index is 13.4. The van der Waals surface area contributed by atoms with Crippen LogP contribution in [0.3, 0.4) is 0 Å². The zero-order chi connectivity index (χ0) is 22.9. The number of rotatable bonds is 10. The van der Waals surface area contributed by atoms with E-state index in [4.69, 9.17) is 0 Å². The first-order chi connectivity index (χ1) is 15.5. The van der Waals surface area contributed by atoms with Crippen LogP contribution in [0.25, 0.3) is 0 Å². The van der Waals surface area contributed by atoms with Gasteiger partial charge in [-0.15, -0.1) is 11.3 Å². The average molecular weight is 457 g/mol. The summed E-state index contributed by atoms with van der Waals surface area (Å²) >= 11 is 1.32. The van der Waals surface area contributed by atoms with E-state index in [1.165, 1.54) is 11.3 Å². The SMILES string of the molecule is CC(C)CCN(C(=O)CNC(=O)c1cccs1)C(C(=O)NC1CCCC1)c1cccnc1. The van der Waals surface area contributed by atoms with Crippen molar-refractivity contribution in [2.24, 2.45) is 5.92 Å². The quantitative estimate of drug-likeness (QED) is 0.572. The van der Waals surface area contributed by atoms with Gasteiger partial charge in [-0.3, -0.25) is 19.4 Å². The maximum Gasteiger partial charge on any atom is 0.261 e. The van der Waals surface area contributed by atoms with E-state index in [1.54, 1.807) is 35.5 Å². The number of nitrogens with zero attached hydrogens (tertiary/aromatic N) is 2. The Morgan fingerprint density at radius 1 is 1.19 bits per heavy atom. The minimum absolute atomic E-state index is 0.141. The number of nitrogens with one attached hydrogen (secondary N) is 2. The Morgan fingerprint density at radius 2 is 1.97 bits per heavy atom. The summed E-state index contributed by atoms with van der Waals surface area (Å²) < 4.78 is 0. The van der Waals surface area contributed by atoms with E-state index in [9.17, 15) is 14.4 Å². The molecule has 1 saturated carbocycles. The fourth-order valence-corrected chi connectivity index (χ4v) is 4.55. The molecule has 0 radical (unpaired) electrons. The van der Waals surface area contributed by atoms with Crippen LogP contribution in [0.2, 0.25) is 0 Å². The van der Waals surface area contributed by atoms with Gasteiger partial charge in [0.2, 0.25) is 11.8 Å². The van der Waals surface area contributed by atoms with Crippen molar-refractivity contribution in [2.75, 3.05) is 13.1 Å². The summed E-state index contributed by atoms with van der Waals surface area (Å²) in [7, 11) is 0. The summed E-state index contributed by atoms with van der Waals surface area (Å²) in [6.07, 6.45) is 8.17. The van der Waals surface area contributed by atoms with Gasteiger partial charge in [-0.25, -0.2) is 0 Å². The van der Waals surface area contributed by atoms with Gasteiger partial charge in [-0.05, 0) is 42.7 Å². The number of thiophene rings is 1. The topological polar surface area (TPSA) is 91.4 Å². The molecule has 1 fully saturated rings. The number of hydrogen-bond acceptors (Lipinski definition) is 5. The van der Waals surface area contributed by atoms with E-state index in [0.29, 0.717) is 22.9 Å². The number of pyridine rings is 1. The molecular formula is C24H32N4O3S. The molecule has 3 rings (SSSR count). The molecule has 2 heterocycles. The van der Waals surface area contributed by atoms with E-state index >= 15 is 0 Å². The van der Waals surface area contributed by atoms with E-state index in [2.05, 4.69) is 29.5 Å². The molecule has 0 aromatic carbocycles. The highest BCUT2D eigenvalue weighted by molar-refractivity contribution is 7.12. The van der Waals surface area contributed by atoms with Crippen LogP contribution < -0.4 is 10.6 Å². The highest BCUT2D eigenvalue weighted by Gasteiger charge is 2.33. The Kier molecular flexibility index (Phi) is 8.79. The highest BCUT2D eigenvalue weighted by atomic mass is 32.1. The lowest BCUT2D eigenvalue weighted by molar-refractivity contribution is -0.140. The Hall–Kier alpha value is -2.74. The first-order valence-corrected chi connectivity index (χ1v) is 12.1. The van der Waals surface area contributed by atoms with Gasteiger partial charge in [0.25, 0.3) is 5.91 Å². The molecule has 0 saturated heterocycles. The van der Waals surface area contributed by atoms with Crippen molar-refractivity contribution in [3.8, 4) is 0 Å². The van der Waals surface area contributed by atoms with E-state index in [-0.39, 0.29) is 30.3 Å². The van der Waals surface area contributed by atoms with Crippen molar-refractivity contribution < 1.29 is 14.4 Å². The van der Waals surface area contributed by atoms with Gasteiger partial charge < -0.3 is 15.5 Å². The van der Waals surface area contributed by atoms with Crippen LogP contribution in [-0.4, -0.2) is 46.7 Å². The molecule has 3 amide bonds. The average Bonchev–Trinajstić information content (AvgIpc) is 3.49. The smallest absolute Gasteiger partial charge is 0.261 e. The van der Waals surface area contributed by atoms with Gasteiger partial charge in [-0.1, -0.05) is 38.8 Å². The summed E-state index contributed by atoms with van der Waals surface area (Å²) in [5, 5.41) is 7.66. The molecule has 8 heteroatoms. The molecule has 32 heavy (non-hydrogen) atoms. The van der Waals surface area contributed by atoms with Crippen LogP contribution in [0.5, 0.6) is 0 Å². The first kappa shape index (κ1) is 23.9. The lowest BCUT2D eigenvalue weighted by Gasteiger charge is -2.32. The normalized spacial score (nSPS) is 14.8. The van der Waals surface area contributed by atoms with Gasteiger partial charge >= 0.3 is 0 Å². The van der Waals surface area contributed by atoms with Crippen LogP contribution in [-0.2, 0) is 9.59 Å². The lowest BCUT2D eigenvalue weighted by atomic mass is 10.0. The second-order valence-electron chi connectivity index (χ2n) is 8.61. The Labute approximate surface area is 193 Å². The molecule has 1 aliphatic carbocycles. The van der Waals surface area contributed by atoms with Crippen molar-refractivity contribution in [1.29, 1.82) is 0 Å². The van der Waals surface area contributed by atoms with E-state index < -0.39 is 6.04 Å². The number of carbonyl (C=O) groups excluding carboxylic acids is 3. The third-order valence-electron chi connectivity index (χ3n) is 5.67. The molecule has 172 valence electrons. The van der Waals surface area contributed by atoms with Crippen molar-refractivity contribution in [2.45, 2.75) is 58.0 Å². The lowest BCUT2D eigenvalue weighted by Crippen LogP contribution is -2.49. The predicted octanol–water partition coefficient (Wildman–Crippen LogP) is 3.55. The van der Waals surface area contributed by atoms with Crippen LogP contribution in [0.15, 0.2) is 42.0 Å². The van der Waals surface area contributed by atoms with Crippen LogP contribution in [0.4, 0.5) is 0 Å². The first-order valence-electron chi connectivity index (χ1n) is 11.3. The second kappa shape index (κ2) is 11.8. The van der Waals surface area contributed by atoms with Gasteiger partial charge in [0.15, 0.2) is 0 Å².